The minimum Gasteiger partial charge on any atom is -0.324 e. The zero-order valence-electron chi connectivity index (χ0n) is 15.4. The second-order valence-electron chi connectivity index (χ2n) is 6.59. The van der Waals surface area contributed by atoms with Crippen LogP contribution in [0.3, 0.4) is 0 Å². The number of urea groups is 1. The van der Waals surface area contributed by atoms with Gasteiger partial charge in [-0.3, -0.25) is 14.5 Å². The number of carbonyl (C=O) groups excluding carboxylic acids is 3. The van der Waals surface area contributed by atoms with Gasteiger partial charge >= 0.3 is 6.03 Å². The van der Waals surface area contributed by atoms with Gasteiger partial charge in [0.25, 0.3) is 5.91 Å². The van der Waals surface area contributed by atoms with Gasteiger partial charge in [-0.05, 0) is 77.4 Å². The molecular weight excluding hydrogens is 476 g/mol. The molecule has 0 spiro atoms. The lowest BCUT2D eigenvalue weighted by Crippen LogP contribution is -2.44. The van der Waals surface area contributed by atoms with Crippen LogP contribution >= 0.6 is 22.6 Å². The Bertz CT molecular complexity index is 948. The van der Waals surface area contributed by atoms with Gasteiger partial charge in [-0.1, -0.05) is 19.1 Å². The maximum Gasteiger partial charge on any atom is 0.325 e. The molecule has 1 unspecified atom stereocenters. The van der Waals surface area contributed by atoms with Crippen LogP contribution in [0, 0.1) is 16.3 Å². The number of anilines is 1. The van der Waals surface area contributed by atoms with Crippen molar-refractivity contribution in [1.82, 2.24) is 10.2 Å². The van der Waals surface area contributed by atoms with E-state index < -0.39 is 35.7 Å². The van der Waals surface area contributed by atoms with Crippen molar-refractivity contribution in [1.29, 1.82) is 0 Å². The Morgan fingerprint density at radius 2 is 1.89 bits per heavy atom. The summed E-state index contributed by atoms with van der Waals surface area (Å²) in [5, 5.41) is 5.41. The van der Waals surface area contributed by atoms with Crippen LogP contribution in [0.1, 0.15) is 24.5 Å². The van der Waals surface area contributed by atoms with Crippen molar-refractivity contribution < 1.29 is 18.8 Å². The number of hydrogen-bond donors (Lipinski definition) is 2. The first-order valence-electron chi connectivity index (χ1n) is 8.73. The summed E-state index contributed by atoms with van der Waals surface area (Å²) >= 11 is 2.17. The van der Waals surface area contributed by atoms with Crippen LogP contribution < -0.4 is 10.6 Å². The van der Waals surface area contributed by atoms with Gasteiger partial charge in [0.05, 0.1) is 0 Å². The minimum atomic E-state index is -1.30. The highest BCUT2D eigenvalue weighted by molar-refractivity contribution is 14.1. The van der Waals surface area contributed by atoms with Crippen molar-refractivity contribution in [3.8, 4) is 0 Å². The molecule has 0 aliphatic carbocycles. The smallest absolute Gasteiger partial charge is 0.324 e. The second kappa shape index (κ2) is 7.86. The molecule has 2 N–H and O–H groups in total. The molecule has 1 atom stereocenters. The largest absolute Gasteiger partial charge is 0.325 e. The number of benzene rings is 2. The SMILES string of the molecule is CCC1(c2ccc(F)cc2)NC(=O)N(CC(=O)Nc2ccc(I)cc2C)C1=O. The zero-order valence-corrected chi connectivity index (χ0v) is 17.5. The molecule has 8 heteroatoms. The Morgan fingerprint density at radius 1 is 1.21 bits per heavy atom. The number of amides is 4. The van der Waals surface area contributed by atoms with Gasteiger partial charge in [0, 0.05) is 9.26 Å². The fourth-order valence-electron chi connectivity index (χ4n) is 3.24. The number of carbonyl (C=O) groups is 3. The first-order valence-corrected chi connectivity index (χ1v) is 9.81. The maximum absolute atomic E-state index is 13.3. The lowest BCUT2D eigenvalue weighted by Gasteiger charge is -2.25. The molecule has 4 amide bonds. The van der Waals surface area contributed by atoms with E-state index in [0.29, 0.717) is 11.3 Å². The van der Waals surface area contributed by atoms with E-state index in [0.717, 1.165) is 14.0 Å². The van der Waals surface area contributed by atoms with Gasteiger partial charge in [-0.2, -0.15) is 0 Å². The summed E-state index contributed by atoms with van der Waals surface area (Å²) in [6.45, 7) is 3.21. The normalized spacial score (nSPS) is 18.9. The molecule has 28 heavy (non-hydrogen) atoms. The van der Waals surface area contributed by atoms with E-state index in [1.807, 2.05) is 19.1 Å². The average Bonchev–Trinajstić information content (AvgIpc) is 2.90. The van der Waals surface area contributed by atoms with Crippen LogP contribution in [0.4, 0.5) is 14.9 Å². The Balaban J connectivity index is 1.79. The van der Waals surface area contributed by atoms with Gasteiger partial charge in [0.1, 0.15) is 17.9 Å². The van der Waals surface area contributed by atoms with Crippen LogP contribution in [-0.4, -0.2) is 29.3 Å². The van der Waals surface area contributed by atoms with Crippen LogP contribution in [0.2, 0.25) is 0 Å². The third-order valence-electron chi connectivity index (χ3n) is 4.81. The van der Waals surface area contributed by atoms with E-state index >= 15 is 0 Å². The molecule has 1 fully saturated rings. The van der Waals surface area contributed by atoms with E-state index in [1.165, 1.54) is 24.3 Å². The van der Waals surface area contributed by atoms with Crippen LogP contribution in [-0.2, 0) is 15.1 Å². The van der Waals surface area contributed by atoms with E-state index in [4.69, 9.17) is 0 Å². The van der Waals surface area contributed by atoms with Gasteiger partial charge in [-0.15, -0.1) is 0 Å². The molecule has 146 valence electrons. The van der Waals surface area contributed by atoms with Crippen LogP contribution in [0.15, 0.2) is 42.5 Å². The quantitative estimate of drug-likeness (QED) is 0.492. The first-order chi connectivity index (χ1) is 13.3. The molecule has 0 radical (unpaired) electrons. The molecule has 1 heterocycles. The Morgan fingerprint density at radius 3 is 2.50 bits per heavy atom. The molecular formula is C20H19FIN3O3. The van der Waals surface area contributed by atoms with Crippen LogP contribution in [0.5, 0.6) is 0 Å². The van der Waals surface area contributed by atoms with Gasteiger partial charge in [-0.25, -0.2) is 9.18 Å². The molecule has 0 bridgehead atoms. The molecule has 1 saturated heterocycles. The highest BCUT2D eigenvalue weighted by atomic mass is 127. The van der Waals surface area contributed by atoms with Crippen molar-refractivity contribution in [2.24, 2.45) is 0 Å². The maximum atomic E-state index is 13.3. The third kappa shape index (κ3) is 3.73. The van der Waals surface area contributed by atoms with E-state index in [1.54, 1.807) is 13.0 Å². The fraction of sp³-hybridized carbons (Fsp3) is 0.250. The summed E-state index contributed by atoms with van der Waals surface area (Å²) in [5.41, 5.74) is 0.680. The average molecular weight is 495 g/mol. The predicted molar refractivity (Wildman–Crippen MR) is 111 cm³/mol. The van der Waals surface area contributed by atoms with Crippen molar-refractivity contribution in [3.05, 3.63) is 63.0 Å². The van der Waals surface area contributed by atoms with Gasteiger partial charge < -0.3 is 10.6 Å². The van der Waals surface area contributed by atoms with Crippen molar-refractivity contribution in [2.45, 2.75) is 25.8 Å². The summed E-state index contributed by atoms with van der Waals surface area (Å²) in [5.74, 6) is -1.43. The van der Waals surface area contributed by atoms with Gasteiger partial charge in [0.2, 0.25) is 5.91 Å². The topological polar surface area (TPSA) is 78.5 Å². The summed E-state index contributed by atoms with van der Waals surface area (Å²) in [6.07, 6.45) is 0.275. The number of aryl methyl sites for hydroxylation is 1. The third-order valence-corrected chi connectivity index (χ3v) is 5.48. The highest BCUT2D eigenvalue weighted by Crippen LogP contribution is 2.32. The predicted octanol–water partition coefficient (Wildman–Crippen LogP) is 3.53. The molecule has 2 aromatic carbocycles. The first kappa shape index (κ1) is 20.2. The minimum absolute atomic E-state index is 0.275. The van der Waals surface area contributed by atoms with Crippen molar-refractivity contribution in [3.63, 3.8) is 0 Å². The Hall–Kier alpha value is -2.49. The molecule has 3 rings (SSSR count). The number of halogens is 2. The molecule has 6 nitrogen and oxygen atoms in total. The molecule has 0 aromatic heterocycles. The Labute approximate surface area is 175 Å². The van der Waals surface area contributed by atoms with Crippen molar-refractivity contribution in [2.75, 3.05) is 11.9 Å². The van der Waals surface area contributed by atoms with E-state index in [-0.39, 0.29) is 6.42 Å². The lowest BCUT2D eigenvalue weighted by atomic mass is 9.87. The van der Waals surface area contributed by atoms with Crippen molar-refractivity contribution >= 4 is 46.1 Å². The fourth-order valence-corrected chi connectivity index (χ4v) is 3.89. The number of rotatable bonds is 5. The number of imide groups is 1. The number of hydrogen-bond acceptors (Lipinski definition) is 3. The van der Waals surface area contributed by atoms with Gasteiger partial charge in [0.15, 0.2) is 0 Å². The molecule has 0 saturated carbocycles. The summed E-state index contributed by atoms with van der Waals surface area (Å²) in [4.78, 5) is 38.8. The van der Waals surface area contributed by atoms with Crippen LogP contribution in [0.25, 0.3) is 0 Å². The zero-order chi connectivity index (χ0) is 20.5. The second-order valence-corrected chi connectivity index (χ2v) is 7.84. The van der Waals surface area contributed by atoms with E-state index in [9.17, 15) is 18.8 Å². The molecule has 2 aromatic rings. The van der Waals surface area contributed by atoms with E-state index in [2.05, 4.69) is 33.2 Å². The number of nitrogens with zero attached hydrogens (tertiary/aromatic N) is 1. The summed E-state index contributed by atoms with van der Waals surface area (Å²) < 4.78 is 14.3. The lowest BCUT2D eigenvalue weighted by molar-refractivity contribution is -0.134. The standard InChI is InChI=1S/C20H19FIN3O3/c1-3-20(13-4-6-14(21)7-5-13)18(27)25(19(28)24-20)11-17(26)23-16-9-8-15(22)10-12(16)2/h4-10H,3,11H2,1-2H3,(H,23,26)(H,24,28). The Kier molecular flexibility index (Phi) is 5.69. The summed E-state index contributed by atoms with van der Waals surface area (Å²) in [7, 11) is 0. The highest BCUT2D eigenvalue weighted by Gasteiger charge is 2.51. The summed E-state index contributed by atoms with van der Waals surface area (Å²) in [6, 6.07) is 10.3. The molecule has 1 aliphatic rings. The molecule has 1 aliphatic heterocycles. The number of nitrogens with one attached hydrogen (secondary N) is 2. The monoisotopic (exact) mass is 495 g/mol.